The Morgan fingerprint density at radius 3 is 2.41 bits per heavy atom. The molecule has 2 aromatic carbocycles. The standard InChI is InChI=1S/C24H29FN6S/c1-31(2)22-20-5-3-4-6-21(20)29-23(30-22)27-18-11-13-19(14-12-18)28-24(32)26-15-16-7-9-17(25)10-8-16/h3-10,18-19H,11-15H2,1-2H3,(H2,26,28,32)(H,27,29,30)/t18-,19+. The van der Waals surface area contributed by atoms with Crippen LogP contribution in [-0.4, -0.2) is 41.3 Å². The molecule has 0 aliphatic heterocycles. The van der Waals surface area contributed by atoms with Gasteiger partial charge >= 0.3 is 0 Å². The zero-order valence-electron chi connectivity index (χ0n) is 18.4. The molecule has 1 heterocycles. The molecule has 32 heavy (non-hydrogen) atoms. The summed E-state index contributed by atoms with van der Waals surface area (Å²) in [7, 11) is 4.00. The van der Waals surface area contributed by atoms with Gasteiger partial charge in [-0.1, -0.05) is 24.3 Å². The molecule has 3 aromatic rings. The molecular formula is C24H29FN6S. The summed E-state index contributed by atoms with van der Waals surface area (Å²) in [5.41, 5.74) is 1.94. The van der Waals surface area contributed by atoms with Gasteiger partial charge in [-0.25, -0.2) is 9.37 Å². The lowest BCUT2D eigenvalue weighted by atomic mass is 9.91. The van der Waals surface area contributed by atoms with Crippen molar-refractivity contribution in [1.82, 2.24) is 20.6 Å². The number of aromatic nitrogens is 2. The van der Waals surface area contributed by atoms with Crippen molar-refractivity contribution >= 4 is 40.0 Å². The fourth-order valence-electron chi connectivity index (χ4n) is 4.05. The topological polar surface area (TPSA) is 65.1 Å². The van der Waals surface area contributed by atoms with Gasteiger partial charge in [0.2, 0.25) is 5.95 Å². The second-order valence-electron chi connectivity index (χ2n) is 8.43. The van der Waals surface area contributed by atoms with Crippen LogP contribution in [0.15, 0.2) is 48.5 Å². The van der Waals surface area contributed by atoms with E-state index in [-0.39, 0.29) is 5.82 Å². The number of hydrogen-bond donors (Lipinski definition) is 3. The number of nitrogens with one attached hydrogen (secondary N) is 3. The molecule has 0 amide bonds. The zero-order valence-corrected chi connectivity index (χ0v) is 19.3. The van der Waals surface area contributed by atoms with Crippen molar-refractivity contribution in [3.8, 4) is 0 Å². The number of fused-ring (bicyclic) bond motifs is 1. The number of rotatable bonds is 6. The maximum atomic E-state index is 13.0. The Morgan fingerprint density at radius 1 is 1.00 bits per heavy atom. The van der Waals surface area contributed by atoms with E-state index in [1.807, 2.05) is 37.2 Å². The molecule has 1 aliphatic rings. The maximum absolute atomic E-state index is 13.0. The molecule has 0 atom stereocenters. The highest BCUT2D eigenvalue weighted by Gasteiger charge is 2.22. The molecule has 1 saturated carbocycles. The van der Waals surface area contributed by atoms with Crippen LogP contribution in [0.3, 0.4) is 0 Å². The molecule has 6 nitrogen and oxygen atoms in total. The lowest BCUT2D eigenvalue weighted by Gasteiger charge is -2.30. The molecule has 168 valence electrons. The molecule has 8 heteroatoms. The molecule has 0 spiro atoms. The molecule has 0 bridgehead atoms. The van der Waals surface area contributed by atoms with E-state index >= 15 is 0 Å². The van der Waals surface area contributed by atoms with Crippen LogP contribution < -0.4 is 20.9 Å². The zero-order chi connectivity index (χ0) is 22.5. The Morgan fingerprint density at radius 2 is 1.69 bits per heavy atom. The van der Waals surface area contributed by atoms with Crippen molar-refractivity contribution < 1.29 is 4.39 Å². The predicted octanol–water partition coefficient (Wildman–Crippen LogP) is 4.22. The number of halogens is 1. The van der Waals surface area contributed by atoms with Gasteiger partial charge in [-0.15, -0.1) is 0 Å². The van der Waals surface area contributed by atoms with Gasteiger partial charge in [-0.05, 0) is 67.7 Å². The quantitative estimate of drug-likeness (QED) is 0.484. The van der Waals surface area contributed by atoms with E-state index in [4.69, 9.17) is 22.2 Å². The lowest BCUT2D eigenvalue weighted by molar-refractivity contribution is 0.385. The van der Waals surface area contributed by atoms with Crippen LogP contribution in [-0.2, 0) is 6.54 Å². The van der Waals surface area contributed by atoms with E-state index in [1.54, 1.807) is 12.1 Å². The highest BCUT2D eigenvalue weighted by molar-refractivity contribution is 7.80. The van der Waals surface area contributed by atoms with Crippen LogP contribution >= 0.6 is 12.2 Å². The number of anilines is 2. The van der Waals surface area contributed by atoms with Gasteiger partial charge < -0.3 is 20.9 Å². The van der Waals surface area contributed by atoms with Crippen molar-refractivity contribution in [3.63, 3.8) is 0 Å². The summed E-state index contributed by atoms with van der Waals surface area (Å²) < 4.78 is 13.0. The largest absolute Gasteiger partial charge is 0.362 e. The Balaban J connectivity index is 1.27. The summed E-state index contributed by atoms with van der Waals surface area (Å²) in [4.78, 5) is 11.5. The van der Waals surface area contributed by atoms with E-state index in [1.165, 1.54) is 12.1 Å². The van der Waals surface area contributed by atoms with Crippen LogP contribution in [0.5, 0.6) is 0 Å². The highest BCUT2D eigenvalue weighted by atomic mass is 32.1. The van der Waals surface area contributed by atoms with Gasteiger partial charge in [0.1, 0.15) is 11.6 Å². The minimum absolute atomic E-state index is 0.230. The van der Waals surface area contributed by atoms with E-state index in [0.717, 1.165) is 48.0 Å². The Labute approximate surface area is 193 Å². The smallest absolute Gasteiger partial charge is 0.225 e. The van der Waals surface area contributed by atoms with E-state index in [2.05, 4.69) is 22.0 Å². The highest BCUT2D eigenvalue weighted by Crippen LogP contribution is 2.26. The minimum Gasteiger partial charge on any atom is -0.362 e. The minimum atomic E-state index is -0.230. The second kappa shape index (κ2) is 10.1. The van der Waals surface area contributed by atoms with Gasteiger partial charge in [-0.2, -0.15) is 4.98 Å². The molecule has 0 radical (unpaired) electrons. The first kappa shape index (κ1) is 22.2. The monoisotopic (exact) mass is 452 g/mol. The van der Waals surface area contributed by atoms with Crippen LogP contribution in [0.4, 0.5) is 16.2 Å². The SMILES string of the molecule is CN(C)c1nc(N[C@H]2CC[C@@H](NC(=S)NCc3ccc(F)cc3)CC2)nc2ccccc12. The molecular weight excluding hydrogens is 423 g/mol. The summed E-state index contributed by atoms with van der Waals surface area (Å²) in [6.45, 7) is 0.580. The summed E-state index contributed by atoms with van der Waals surface area (Å²) in [5.74, 6) is 1.37. The lowest BCUT2D eigenvalue weighted by Crippen LogP contribution is -2.44. The van der Waals surface area contributed by atoms with E-state index in [9.17, 15) is 4.39 Å². The maximum Gasteiger partial charge on any atom is 0.225 e. The first-order chi connectivity index (χ1) is 15.5. The van der Waals surface area contributed by atoms with Crippen molar-refractivity contribution in [3.05, 3.63) is 59.9 Å². The van der Waals surface area contributed by atoms with E-state index in [0.29, 0.717) is 29.7 Å². The number of benzene rings is 2. The van der Waals surface area contributed by atoms with Gasteiger partial charge in [0.25, 0.3) is 0 Å². The number of nitrogens with zero attached hydrogens (tertiary/aromatic N) is 3. The van der Waals surface area contributed by atoms with Crippen molar-refractivity contribution in [2.24, 2.45) is 0 Å². The second-order valence-corrected chi connectivity index (χ2v) is 8.84. The van der Waals surface area contributed by atoms with Crippen LogP contribution in [0.2, 0.25) is 0 Å². The molecule has 3 N–H and O–H groups in total. The fourth-order valence-corrected chi connectivity index (χ4v) is 4.29. The summed E-state index contributed by atoms with van der Waals surface area (Å²) in [6.07, 6.45) is 4.08. The van der Waals surface area contributed by atoms with Gasteiger partial charge in [0.15, 0.2) is 5.11 Å². The third-order valence-corrected chi connectivity index (χ3v) is 6.03. The molecule has 1 aliphatic carbocycles. The Kier molecular flexibility index (Phi) is 6.99. The normalized spacial score (nSPS) is 18.2. The number of para-hydroxylation sites is 1. The predicted molar refractivity (Wildman–Crippen MR) is 133 cm³/mol. The first-order valence-electron chi connectivity index (χ1n) is 11.0. The average Bonchev–Trinajstić information content (AvgIpc) is 2.79. The van der Waals surface area contributed by atoms with Gasteiger partial charge in [-0.3, -0.25) is 0 Å². The Hall–Kier alpha value is -3.00. The van der Waals surface area contributed by atoms with Crippen molar-refractivity contribution in [2.45, 2.75) is 44.3 Å². The molecule has 1 aromatic heterocycles. The molecule has 1 fully saturated rings. The molecule has 4 rings (SSSR count). The summed E-state index contributed by atoms with van der Waals surface area (Å²) in [5, 5.41) is 11.9. The third-order valence-electron chi connectivity index (χ3n) is 5.77. The average molecular weight is 453 g/mol. The number of hydrogen-bond acceptors (Lipinski definition) is 5. The van der Waals surface area contributed by atoms with Gasteiger partial charge in [0, 0.05) is 38.1 Å². The van der Waals surface area contributed by atoms with Crippen molar-refractivity contribution in [2.75, 3.05) is 24.3 Å². The first-order valence-corrected chi connectivity index (χ1v) is 11.4. The number of thiocarbonyl (C=S) groups is 1. The van der Waals surface area contributed by atoms with Crippen LogP contribution in [0.1, 0.15) is 31.2 Å². The molecule has 0 saturated heterocycles. The molecule has 0 unspecified atom stereocenters. The third kappa shape index (κ3) is 5.62. The van der Waals surface area contributed by atoms with Gasteiger partial charge in [0.05, 0.1) is 5.52 Å². The van der Waals surface area contributed by atoms with E-state index < -0.39 is 0 Å². The summed E-state index contributed by atoms with van der Waals surface area (Å²) >= 11 is 5.44. The van der Waals surface area contributed by atoms with Crippen molar-refractivity contribution in [1.29, 1.82) is 0 Å². The fraction of sp³-hybridized carbons (Fsp3) is 0.375. The van der Waals surface area contributed by atoms with Crippen LogP contribution in [0, 0.1) is 5.82 Å². The summed E-state index contributed by atoms with van der Waals surface area (Å²) in [6, 6.07) is 15.2. The Bertz CT molecular complexity index is 1060. The van der Waals surface area contributed by atoms with Crippen LogP contribution in [0.25, 0.3) is 10.9 Å².